The monoisotopic (exact) mass is 507 g/mol. The molecule has 6 nitrogen and oxygen atoms in total. The number of pyridine rings is 2. The molecule has 37 heavy (non-hydrogen) atoms. The lowest BCUT2D eigenvalue weighted by Gasteiger charge is -2.13. The van der Waals surface area contributed by atoms with Gasteiger partial charge in [-0.25, -0.2) is 0 Å². The van der Waals surface area contributed by atoms with Gasteiger partial charge in [0.15, 0.2) is 0 Å². The van der Waals surface area contributed by atoms with E-state index in [0.717, 1.165) is 30.5 Å². The lowest BCUT2D eigenvalue weighted by molar-refractivity contribution is -0.137. The highest BCUT2D eigenvalue weighted by Gasteiger charge is 2.30. The van der Waals surface area contributed by atoms with Crippen molar-refractivity contribution in [3.63, 3.8) is 0 Å². The standard InChI is InChI=1S/C21H18F3N3O.C7H10N2/c22-21(23,24)16-4-3-5-17(14-16)27-20(28)18-6-1-2-7-19(18)26-13-10-15-8-11-25-12-9-15;8-4-1-7-2-5-9-6-3-7/h1-9,11-12,14,26H,10,13H2,(H,27,28);2-3,5-6H,1,4,8H2. The first-order valence-corrected chi connectivity index (χ1v) is 11.7. The van der Waals surface area contributed by atoms with Crippen LogP contribution in [0.1, 0.15) is 27.0 Å². The van der Waals surface area contributed by atoms with Crippen molar-refractivity contribution >= 4 is 17.3 Å². The SMILES string of the molecule is NCCc1ccncc1.O=C(Nc1cccc(C(F)(F)F)c1)c1ccccc1NCCc1ccncc1. The molecule has 0 atom stereocenters. The van der Waals surface area contributed by atoms with E-state index >= 15 is 0 Å². The topological polar surface area (TPSA) is 92.9 Å². The zero-order valence-corrected chi connectivity index (χ0v) is 20.1. The van der Waals surface area contributed by atoms with Crippen LogP contribution in [0.5, 0.6) is 0 Å². The van der Waals surface area contributed by atoms with Gasteiger partial charge in [0.2, 0.25) is 0 Å². The number of hydrogen-bond acceptors (Lipinski definition) is 5. The van der Waals surface area contributed by atoms with Gasteiger partial charge < -0.3 is 16.4 Å². The zero-order chi connectivity index (χ0) is 26.5. The number of amides is 1. The summed E-state index contributed by atoms with van der Waals surface area (Å²) in [6.45, 7) is 1.31. The Labute approximate surface area is 213 Å². The molecule has 192 valence electrons. The number of nitrogens with zero attached hydrogens (tertiary/aromatic N) is 2. The van der Waals surface area contributed by atoms with Crippen molar-refractivity contribution in [2.45, 2.75) is 19.0 Å². The maximum atomic E-state index is 12.8. The third-order valence-electron chi connectivity index (χ3n) is 5.28. The van der Waals surface area contributed by atoms with Crippen molar-refractivity contribution < 1.29 is 18.0 Å². The molecule has 0 aliphatic carbocycles. The van der Waals surface area contributed by atoms with Crippen LogP contribution in [-0.2, 0) is 19.0 Å². The van der Waals surface area contributed by atoms with Crippen molar-refractivity contribution in [1.82, 2.24) is 9.97 Å². The summed E-state index contributed by atoms with van der Waals surface area (Å²) in [6, 6.07) is 19.2. The van der Waals surface area contributed by atoms with Crippen molar-refractivity contribution in [1.29, 1.82) is 0 Å². The molecule has 0 unspecified atom stereocenters. The molecule has 4 N–H and O–H groups in total. The average molecular weight is 508 g/mol. The molecule has 1 amide bonds. The van der Waals surface area contributed by atoms with Crippen LogP contribution in [0.3, 0.4) is 0 Å². The Bertz CT molecular complexity index is 1250. The summed E-state index contributed by atoms with van der Waals surface area (Å²) in [6.07, 6.45) is 4.22. The molecule has 9 heteroatoms. The summed E-state index contributed by atoms with van der Waals surface area (Å²) < 4.78 is 38.5. The Morgan fingerprint density at radius 2 is 1.43 bits per heavy atom. The molecule has 0 bridgehead atoms. The minimum Gasteiger partial charge on any atom is -0.384 e. The fourth-order valence-corrected chi connectivity index (χ4v) is 3.41. The van der Waals surface area contributed by atoms with E-state index in [-0.39, 0.29) is 5.69 Å². The predicted octanol–water partition coefficient (Wildman–Crippen LogP) is 5.59. The van der Waals surface area contributed by atoms with Gasteiger partial charge in [-0.05, 0) is 85.1 Å². The number of nitrogens with one attached hydrogen (secondary N) is 2. The maximum Gasteiger partial charge on any atom is 0.416 e. The van der Waals surface area contributed by atoms with Gasteiger partial charge in [-0.1, -0.05) is 18.2 Å². The number of aromatic nitrogens is 2. The maximum absolute atomic E-state index is 12.8. The van der Waals surface area contributed by atoms with Crippen LogP contribution in [0, 0.1) is 0 Å². The Morgan fingerprint density at radius 3 is 2.05 bits per heavy atom. The zero-order valence-electron chi connectivity index (χ0n) is 20.1. The van der Waals surface area contributed by atoms with Crippen LogP contribution in [0.2, 0.25) is 0 Å². The molecule has 2 aromatic carbocycles. The molecule has 4 rings (SSSR count). The first-order valence-electron chi connectivity index (χ1n) is 11.7. The van der Waals surface area contributed by atoms with Gasteiger partial charge in [-0.15, -0.1) is 0 Å². The van der Waals surface area contributed by atoms with Crippen LogP contribution in [0.25, 0.3) is 0 Å². The van der Waals surface area contributed by atoms with Crippen LogP contribution < -0.4 is 16.4 Å². The summed E-state index contributed by atoms with van der Waals surface area (Å²) in [5, 5.41) is 5.73. The Balaban J connectivity index is 0.000000356. The highest BCUT2D eigenvalue weighted by molar-refractivity contribution is 6.08. The van der Waals surface area contributed by atoms with Crippen LogP contribution in [0.4, 0.5) is 24.5 Å². The predicted molar refractivity (Wildman–Crippen MR) is 139 cm³/mol. The summed E-state index contributed by atoms with van der Waals surface area (Å²) in [4.78, 5) is 20.4. The summed E-state index contributed by atoms with van der Waals surface area (Å²) >= 11 is 0. The van der Waals surface area contributed by atoms with Crippen LogP contribution in [0.15, 0.2) is 97.6 Å². The highest BCUT2D eigenvalue weighted by Crippen LogP contribution is 2.31. The van der Waals surface area contributed by atoms with Gasteiger partial charge in [-0.3, -0.25) is 14.8 Å². The number of rotatable bonds is 8. The number of anilines is 2. The second-order valence-corrected chi connectivity index (χ2v) is 8.00. The Hall–Kier alpha value is -4.24. The molecule has 0 radical (unpaired) electrons. The number of alkyl halides is 3. The van der Waals surface area contributed by atoms with Gasteiger partial charge in [-0.2, -0.15) is 13.2 Å². The second-order valence-electron chi connectivity index (χ2n) is 8.00. The van der Waals surface area contributed by atoms with Crippen LogP contribution >= 0.6 is 0 Å². The average Bonchev–Trinajstić information content (AvgIpc) is 2.90. The number of halogens is 3. The first-order chi connectivity index (χ1) is 17.9. The van der Waals surface area contributed by atoms with E-state index in [1.807, 2.05) is 24.3 Å². The van der Waals surface area contributed by atoms with E-state index in [9.17, 15) is 18.0 Å². The number of hydrogen-bond donors (Lipinski definition) is 3. The first kappa shape index (κ1) is 27.3. The summed E-state index contributed by atoms with van der Waals surface area (Å²) in [5.74, 6) is -0.480. The third-order valence-corrected chi connectivity index (χ3v) is 5.28. The molecule has 4 aromatic rings. The Morgan fingerprint density at radius 1 is 0.811 bits per heavy atom. The fourth-order valence-electron chi connectivity index (χ4n) is 3.41. The largest absolute Gasteiger partial charge is 0.416 e. The lowest BCUT2D eigenvalue weighted by Crippen LogP contribution is -2.16. The van der Waals surface area contributed by atoms with Crippen molar-refractivity contribution in [3.8, 4) is 0 Å². The van der Waals surface area contributed by atoms with Gasteiger partial charge in [0, 0.05) is 42.7 Å². The fraction of sp³-hybridized carbons (Fsp3) is 0.179. The molecule has 2 aromatic heterocycles. The molecule has 0 spiro atoms. The molecule has 0 saturated carbocycles. The van der Waals surface area contributed by atoms with E-state index in [2.05, 4.69) is 20.6 Å². The van der Waals surface area contributed by atoms with Gasteiger partial charge >= 0.3 is 6.18 Å². The lowest BCUT2D eigenvalue weighted by atomic mass is 10.1. The molecule has 0 fully saturated rings. The normalized spacial score (nSPS) is 10.7. The molecular weight excluding hydrogens is 479 g/mol. The van der Waals surface area contributed by atoms with Gasteiger partial charge in [0.05, 0.1) is 11.1 Å². The summed E-state index contributed by atoms with van der Waals surface area (Å²) in [7, 11) is 0. The van der Waals surface area contributed by atoms with E-state index in [1.165, 1.54) is 17.7 Å². The van der Waals surface area contributed by atoms with E-state index in [1.54, 1.807) is 49.1 Å². The van der Waals surface area contributed by atoms with Crippen molar-refractivity contribution in [3.05, 3.63) is 120 Å². The molecule has 2 heterocycles. The molecule has 0 aliphatic rings. The number of carbonyl (C=O) groups excluding carboxylic acids is 1. The molecule has 0 saturated heterocycles. The van der Waals surface area contributed by atoms with E-state index in [4.69, 9.17) is 5.73 Å². The third kappa shape index (κ3) is 9.05. The van der Waals surface area contributed by atoms with E-state index in [0.29, 0.717) is 24.3 Å². The van der Waals surface area contributed by atoms with Crippen LogP contribution in [-0.4, -0.2) is 29.0 Å². The van der Waals surface area contributed by atoms with Crippen molar-refractivity contribution in [2.24, 2.45) is 5.73 Å². The van der Waals surface area contributed by atoms with Crippen molar-refractivity contribution in [2.75, 3.05) is 23.7 Å². The number of benzene rings is 2. The molecular formula is C28H28F3N5O. The highest BCUT2D eigenvalue weighted by atomic mass is 19.4. The van der Waals surface area contributed by atoms with E-state index < -0.39 is 17.6 Å². The second kappa shape index (κ2) is 13.7. The van der Waals surface area contributed by atoms with Gasteiger partial charge in [0.25, 0.3) is 5.91 Å². The minimum absolute atomic E-state index is 0.0893. The molecule has 0 aliphatic heterocycles. The number of para-hydroxylation sites is 1. The smallest absolute Gasteiger partial charge is 0.384 e. The number of nitrogens with two attached hydrogens (primary N) is 1. The number of carbonyl (C=O) groups is 1. The van der Waals surface area contributed by atoms with Gasteiger partial charge in [0.1, 0.15) is 0 Å². The Kier molecular flexibility index (Phi) is 10.2. The summed E-state index contributed by atoms with van der Waals surface area (Å²) in [5.41, 5.74) is 7.95. The quantitative estimate of drug-likeness (QED) is 0.289. The minimum atomic E-state index is -4.47.